The molecule has 1 N–H and O–H groups in total. The van der Waals surface area contributed by atoms with Crippen LogP contribution < -0.4 is 5.32 Å². The molecule has 2 nitrogen and oxygen atoms in total. The van der Waals surface area contributed by atoms with Crippen molar-refractivity contribution in [2.24, 2.45) is 0 Å². The van der Waals surface area contributed by atoms with Gasteiger partial charge in [-0.15, -0.1) is 0 Å². The highest BCUT2D eigenvalue weighted by Gasteiger charge is 2.26. The first-order chi connectivity index (χ1) is 6.74. The van der Waals surface area contributed by atoms with Crippen molar-refractivity contribution in [1.29, 1.82) is 0 Å². The maximum atomic E-state index is 5.18. The smallest absolute Gasteiger partial charge is 0.0733 e. The number of nitrogens with one attached hydrogen (secondary N) is 1. The second-order valence-electron chi connectivity index (χ2n) is 4.04. The van der Waals surface area contributed by atoms with E-state index >= 15 is 0 Å². The molecule has 1 heterocycles. The number of rotatable bonds is 2. The number of fused-ring (bicyclic) bond motifs is 1. The van der Waals surface area contributed by atoms with Crippen molar-refractivity contribution in [2.75, 3.05) is 12.4 Å². The van der Waals surface area contributed by atoms with Crippen LogP contribution in [0, 0.1) is 0 Å². The molecule has 2 heteroatoms. The van der Waals surface area contributed by atoms with Crippen LogP contribution in [0.5, 0.6) is 0 Å². The van der Waals surface area contributed by atoms with Crippen LogP contribution in [0.15, 0.2) is 18.2 Å². The molecular formula is C12H17NO. The van der Waals surface area contributed by atoms with Crippen molar-refractivity contribution in [1.82, 2.24) is 0 Å². The summed E-state index contributed by atoms with van der Waals surface area (Å²) in [5, 5.41) is 3.52. The van der Waals surface area contributed by atoms with Crippen LogP contribution >= 0.6 is 0 Å². The predicted molar refractivity (Wildman–Crippen MR) is 58.7 cm³/mol. The Kier molecular flexibility index (Phi) is 2.46. The molecule has 0 aromatic heterocycles. The molecule has 76 valence electrons. The van der Waals surface area contributed by atoms with Gasteiger partial charge in [0.2, 0.25) is 0 Å². The van der Waals surface area contributed by atoms with Crippen LogP contribution in [0.25, 0.3) is 0 Å². The Labute approximate surface area is 85.3 Å². The molecule has 1 aliphatic rings. The van der Waals surface area contributed by atoms with Gasteiger partial charge in [-0.2, -0.15) is 0 Å². The standard InChI is InChI=1S/C12H17NO/c1-8-9(2)13-12-10(7-14-3)5-4-6-11(8)12/h4-6,8-9,13H,7H2,1-3H3. The van der Waals surface area contributed by atoms with Crippen LogP contribution in [-0.4, -0.2) is 13.2 Å². The number of para-hydroxylation sites is 1. The Bertz CT molecular complexity index is 335. The number of hydrogen-bond acceptors (Lipinski definition) is 2. The zero-order chi connectivity index (χ0) is 10.1. The quantitative estimate of drug-likeness (QED) is 0.776. The largest absolute Gasteiger partial charge is 0.381 e. The SMILES string of the molecule is COCc1cccc2c1NC(C)C2C. The normalized spacial score (nSPS) is 24.5. The first-order valence-electron chi connectivity index (χ1n) is 5.11. The van der Waals surface area contributed by atoms with Gasteiger partial charge in [-0.25, -0.2) is 0 Å². The van der Waals surface area contributed by atoms with Crippen LogP contribution in [0.2, 0.25) is 0 Å². The van der Waals surface area contributed by atoms with Gasteiger partial charge in [0.1, 0.15) is 0 Å². The summed E-state index contributed by atoms with van der Waals surface area (Å²) in [6, 6.07) is 6.97. The van der Waals surface area contributed by atoms with E-state index in [-0.39, 0.29) is 0 Å². The van der Waals surface area contributed by atoms with Crippen LogP contribution in [0.3, 0.4) is 0 Å². The second-order valence-corrected chi connectivity index (χ2v) is 4.04. The molecule has 2 unspecified atom stereocenters. The molecule has 0 fully saturated rings. The van der Waals surface area contributed by atoms with E-state index < -0.39 is 0 Å². The Hall–Kier alpha value is -1.02. The molecule has 14 heavy (non-hydrogen) atoms. The zero-order valence-corrected chi connectivity index (χ0v) is 9.00. The summed E-state index contributed by atoms with van der Waals surface area (Å²) >= 11 is 0. The average molecular weight is 191 g/mol. The number of methoxy groups -OCH3 is 1. The number of ether oxygens (including phenoxy) is 1. The minimum Gasteiger partial charge on any atom is -0.381 e. The topological polar surface area (TPSA) is 21.3 Å². The first-order valence-corrected chi connectivity index (χ1v) is 5.11. The molecule has 0 saturated carbocycles. The maximum Gasteiger partial charge on any atom is 0.0733 e. The van der Waals surface area contributed by atoms with Crippen LogP contribution in [-0.2, 0) is 11.3 Å². The Morgan fingerprint density at radius 2 is 2.14 bits per heavy atom. The van der Waals surface area contributed by atoms with Crippen molar-refractivity contribution >= 4 is 5.69 Å². The molecule has 0 amide bonds. The lowest BCUT2D eigenvalue weighted by molar-refractivity contribution is 0.185. The summed E-state index contributed by atoms with van der Waals surface area (Å²) in [5.74, 6) is 0.599. The molecule has 0 aliphatic carbocycles. The van der Waals surface area contributed by atoms with Gasteiger partial charge in [-0.1, -0.05) is 25.1 Å². The van der Waals surface area contributed by atoms with Gasteiger partial charge in [0.25, 0.3) is 0 Å². The van der Waals surface area contributed by atoms with Crippen molar-refractivity contribution in [3.05, 3.63) is 29.3 Å². The monoisotopic (exact) mass is 191 g/mol. The van der Waals surface area contributed by atoms with Crippen LogP contribution in [0.4, 0.5) is 5.69 Å². The van der Waals surface area contributed by atoms with Crippen molar-refractivity contribution in [3.63, 3.8) is 0 Å². The molecule has 2 atom stereocenters. The van der Waals surface area contributed by atoms with Gasteiger partial charge < -0.3 is 10.1 Å². The van der Waals surface area contributed by atoms with Gasteiger partial charge in [0.15, 0.2) is 0 Å². The van der Waals surface area contributed by atoms with E-state index in [1.807, 2.05) is 0 Å². The summed E-state index contributed by atoms with van der Waals surface area (Å²) in [5.41, 5.74) is 3.97. The maximum absolute atomic E-state index is 5.18. The van der Waals surface area contributed by atoms with E-state index in [1.165, 1.54) is 16.8 Å². The third kappa shape index (κ3) is 1.40. The Morgan fingerprint density at radius 3 is 2.86 bits per heavy atom. The minimum atomic E-state index is 0.531. The molecule has 0 spiro atoms. The summed E-state index contributed by atoms with van der Waals surface area (Å²) < 4.78 is 5.18. The third-order valence-electron chi connectivity index (χ3n) is 3.10. The van der Waals surface area contributed by atoms with E-state index in [1.54, 1.807) is 7.11 Å². The number of hydrogen-bond donors (Lipinski definition) is 1. The second kappa shape index (κ2) is 3.62. The van der Waals surface area contributed by atoms with E-state index in [0.29, 0.717) is 18.6 Å². The summed E-state index contributed by atoms with van der Waals surface area (Å²) in [7, 11) is 1.74. The summed E-state index contributed by atoms with van der Waals surface area (Å²) in [6.07, 6.45) is 0. The Balaban J connectivity index is 2.40. The molecular weight excluding hydrogens is 174 g/mol. The van der Waals surface area contributed by atoms with E-state index in [4.69, 9.17) is 4.74 Å². The highest BCUT2D eigenvalue weighted by molar-refractivity contribution is 5.63. The van der Waals surface area contributed by atoms with E-state index in [2.05, 4.69) is 37.4 Å². The van der Waals surface area contributed by atoms with Crippen molar-refractivity contribution in [2.45, 2.75) is 32.4 Å². The third-order valence-corrected chi connectivity index (χ3v) is 3.10. The van der Waals surface area contributed by atoms with Crippen molar-refractivity contribution in [3.8, 4) is 0 Å². The molecule has 0 bridgehead atoms. The first kappa shape index (κ1) is 9.53. The number of anilines is 1. The number of benzene rings is 1. The fourth-order valence-electron chi connectivity index (χ4n) is 2.07. The van der Waals surface area contributed by atoms with Gasteiger partial charge in [-0.3, -0.25) is 0 Å². The lowest BCUT2D eigenvalue weighted by atomic mass is 9.97. The zero-order valence-electron chi connectivity index (χ0n) is 9.00. The molecule has 0 saturated heterocycles. The fraction of sp³-hybridized carbons (Fsp3) is 0.500. The highest BCUT2D eigenvalue weighted by Crippen LogP contribution is 2.37. The van der Waals surface area contributed by atoms with Gasteiger partial charge >= 0.3 is 0 Å². The van der Waals surface area contributed by atoms with Gasteiger partial charge in [0.05, 0.1) is 6.61 Å². The van der Waals surface area contributed by atoms with Crippen LogP contribution in [0.1, 0.15) is 30.9 Å². The van der Waals surface area contributed by atoms with Gasteiger partial charge in [-0.05, 0) is 12.5 Å². The lowest BCUT2D eigenvalue weighted by Gasteiger charge is -2.09. The minimum absolute atomic E-state index is 0.531. The van der Waals surface area contributed by atoms with E-state index in [9.17, 15) is 0 Å². The van der Waals surface area contributed by atoms with Gasteiger partial charge in [0, 0.05) is 30.3 Å². The summed E-state index contributed by atoms with van der Waals surface area (Å²) in [4.78, 5) is 0. The molecule has 0 radical (unpaired) electrons. The summed E-state index contributed by atoms with van der Waals surface area (Å²) in [6.45, 7) is 5.18. The molecule has 1 aliphatic heterocycles. The highest BCUT2D eigenvalue weighted by atomic mass is 16.5. The lowest BCUT2D eigenvalue weighted by Crippen LogP contribution is -2.13. The molecule has 2 rings (SSSR count). The average Bonchev–Trinajstić information content (AvgIpc) is 2.46. The molecule has 1 aromatic rings. The Morgan fingerprint density at radius 1 is 1.36 bits per heavy atom. The van der Waals surface area contributed by atoms with E-state index in [0.717, 1.165) is 0 Å². The van der Waals surface area contributed by atoms with Crippen molar-refractivity contribution < 1.29 is 4.74 Å². The predicted octanol–water partition coefficient (Wildman–Crippen LogP) is 2.75. The molecule has 1 aromatic carbocycles. The fourth-order valence-corrected chi connectivity index (χ4v) is 2.07.